The van der Waals surface area contributed by atoms with E-state index in [9.17, 15) is 21.2 Å². The summed E-state index contributed by atoms with van der Waals surface area (Å²) < 4.78 is 89.9. The minimum Gasteiger partial charge on any atom is -0.490 e. The van der Waals surface area contributed by atoms with Crippen molar-refractivity contribution in [3.05, 3.63) is 58.6 Å². The molecule has 3 aliphatic rings. The highest BCUT2D eigenvalue weighted by molar-refractivity contribution is 7.92. The number of sulfone groups is 1. The largest absolute Gasteiger partial charge is 0.490 e. The molecular weight excluding hydrogens is 496 g/mol. The van der Waals surface area contributed by atoms with Crippen LogP contribution in [0.3, 0.4) is 0 Å². The molecule has 6 nitrogen and oxygen atoms in total. The van der Waals surface area contributed by atoms with E-state index in [1.807, 2.05) is 0 Å². The fourth-order valence-corrected chi connectivity index (χ4v) is 9.76. The van der Waals surface area contributed by atoms with E-state index in [0.717, 1.165) is 12.1 Å². The topological polar surface area (TPSA) is 89.5 Å². The Labute approximate surface area is 196 Å². The lowest BCUT2D eigenvalue weighted by Crippen LogP contribution is -2.63. The fourth-order valence-electron chi connectivity index (χ4n) is 5.81. The highest BCUT2D eigenvalue weighted by atomic mass is 35.5. The zero-order chi connectivity index (χ0) is 23.8. The summed E-state index contributed by atoms with van der Waals surface area (Å²) >= 11 is 5.95. The molecule has 2 aromatic carbocycles. The Kier molecular flexibility index (Phi) is 5.32. The summed E-state index contributed by atoms with van der Waals surface area (Å²) in [7, 11) is -7.82. The number of benzene rings is 2. The van der Waals surface area contributed by atoms with Crippen LogP contribution in [0.5, 0.6) is 5.75 Å². The number of ether oxygens (including phenoxy) is 1. The van der Waals surface area contributed by atoms with Gasteiger partial charge in [0, 0.05) is 17.0 Å². The fraction of sp³-hybridized carbons (Fsp3) is 0.455. The molecule has 2 fully saturated rings. The molecule has 1 saturated heterocycles. The van der Waals surface area contributed by atoms with E-state index in [-0.39, 0.29) is 36.3 Å². The number of fused-ring (bicyclic) bond motifs is 5. The van der Waals surface area contributed by atoms with Gasteiger partial charge in [0.05, 0.1) is 22.3 Å². The smallest absolute Gasteiger partial charge is 0.214 e. The van der Waals surface area contributed by atoms with E-state index in [0.29, 0.717) is 5.02 Å². The second-order valence-corrected chi connectivity index (χ2v) is 13.8. The molecule has 33 heavy (non-hydrogen) atoms. The highest BCUT2D eigenvalue weighted by Crippen LogP contribution is 2.59. The van der Waals surface area contributed by atoms with Crippen molar-refractivity contribution < 1.29 is 30.4 Å². The average Bonchev–Trinajstić information content (AvgIpc) is 2.76. The molecule has 11 heteroatoms. The molecule has 1 N–H and O–H groups in total. The molecule has 178 valence electrons. The maximum atomic E-state index is 15.4. The maximum absolute atomic E-state index is 15.4. The van der Waals surface area contributed by atoms with Crippen molar-refractivity contribution in [2.75, 3.05) is 6.61 Å². The van der Waals surface area contributed by atoms with Crippen molar-refractivity contribution in [3.8, 4) is 5.75 Å². The molecule has 5 rings (SSSR count). The van der Waals surface area contributed by atoms with Gasteiger partial charge in [0.15, 0.2) is 21.4 Å². The lowest BCUT2D eigenvalue weighted by molar-refractivity contribution is 0.0500. The van der Waals surface area contributed by atoms with Gasteiger partial charge in [-0.05, 0) is 68.5 Å². The first kappa shape index (κ1) is 23.0. The van der Waals surface area contributed by atoms with Crippen molar-refractivity contribution in [1.82, 2.24) is 4.72 Å². The number of hydrogen-bond donors (Lipinski definition) is 1. The van der Waals surface area contributed by atoms with Crippen molar-refractivity contribution in [2.24, 2.45) is 11.8 Å². The van der Waals surface area contributed by atoms with Gasteiger partial charge in [-0.25, -0.2) is 30.3 Å². The van der Waals surface area contributed by atoms with Gasteiger partial charge in [0.2, 0.25) is 10.0 Å². The summed E-state index contributed by atoms with van der Waals surface area (Å²) in [6, 6.07) is 6.90. The summed E-state index contributed by atoms with van der Waals surface area (Å²) in [4.78, 5) is -0.0590. The third kappa shape index (κ3) is 3.25. The van der Waals surface area contributed by atoms with Gasteiger partial charge in [-0.15, -0.1) is 0 Å². The number of rotatable bonds is 2. The first-order chi connectivity index (χ1) is 15.5. The van der Waals surface area contributed by atoms with E-state index in [1.54, 1.807) is 6.92 Å². The lowest BCUT2D eigenvalue weighted by Gasteiger charge is -2.54. The molecule has 2 aromatic rings. The van der Waals surface area contributed by atoms with Gasteiger partial charge in [-0.2, -0.15) is 0 Å². The van der Waals surface area contributed by atoms with Crippen LogP contribution in [-0.4, -0.2) is 34.7 Å². The zero-order valence-corrected chi connectivity index (χ0v) is 20.0. The van der Waals surface area contributed by atoms with Gasteiger partial charge in [-0.3, -0.25) is 0 Å². The number of sulfonamides is 1. The van der Waals surface area contributed by atoms with Crippen molar-refractivity contribution in [3.63, 3.8) is 0 Å². The Morgan fingerprint density at radius 2 is 1.79 bits per heavy atom. The number of halogens is 3. The number of nitrogens with one attached hydrogen (secondary N) is 1. The van der Waals surface area contributed by atoms with E-state index in [4.69, 9.17) is 16.3 Å². The Balaban J connectivity index is 1.76. The summed E-state index contributed by atoms with van der Waals surface area (Å²) in [5, 5.41) is -0.418. The highest BCUT2D eigenvalue weighted by Gasteiger charge is 2.64. The molecule has 0 radical (unpaired) electrons. The molecule has 0 aromatic heterocycles. The standard InChI is InChI=1S/C22H22ClF2NO5S2/c1-12-10-15-16-11-31-21-18(25)7-6-17(24)20(21)22(16,9-8-19(15)26-33(12,29)30)32(27,28)14-4-2-13(23)3-5-14/h2-7,12,15-16,19,26H,8-11H2,1H3/t12-,15+,16+,19-,22+/m0/s1. The van der Waals surface area contributed by atoms with Gasteiger partial charge in [0.1, 0.15) is 10.6 Å². The Morgan fingerprint density at radius 1 is 1.12 bits per heavy atom. The molecular formula is C22H22ClF2NO5S2. The first-order valence-corrected chi connectivity index (χ1v) is 14.0. The zero-order valence-electron chi connectivity index (χ0n) is 17.6. The van der Waals surface area contributed by atoms with Crippen LogP contribution in [0.4, 0.5) is 8.78 Å². The molecule has 2 heterocycles. The molecule has 0 spiro atoms. The second kappa shape index (κ2) is 7.63. The predicted octanol–water partition coefficient (Wildman–Crippen LogP) is 3.79. The van der Waals surface area contributed by atoms with Gasteiger partial charge >= 0.3 is 0 Å². The maximum Gasteiger partial charge on any atom is 0.214 e. The molecule has 0 unspecified atom stereocenters. The van der Waals surface area contributed by atoms with Gasteiger partial charge in [-0.1, -0.05) is 11.6 Å². The van der Waals surface area contributed by atoms with Crippen LogP contribution >= 0.6 is 11.6 Å². The van der Waals surface area contributed by atoms with Crippen LogP contribution < -0.4 is 9.46 Å². The normalized spacial score (nSPS) is 32.7. The van der Waals surface area contributed by atoms with Crippen LogP contribution in [0.15, 0.2) is 41.3 Å². The van der Waals surface area contributed by atoms with Gasteiger partial charge < -0.3 is 4.74 Å². The lowest BCUT2D eigenvalue weighted by atomic mass is 9.64. The van der Waals surface area contributed by atoms with E-state index >= 15 is 4.39 Å². The van der Waals surface area contributed by atoms with E-state index in [2.05, 4.69) is 4.72 Å². The summed E-state index contributed by atoms with van der Waals surface area (Å²) in [5.74, 6) is -3.32. The van der Waals surface area contributed by atoms with Crippen LogP contribution in [0.2, 0.25) is 5.02 Å². The minimum absolute atomic E-state index is 0.0590. The average molecular weight is 518 g/mol. The van der Waals surface area contributed by atoms with Crippen molar-refractivity contribution in [1.29, 1.82) is 0 Å². The summed E-state index contributed by atoms with van der Waals surface area (Å²) in [5.41, 5.74) is -0.312. The molecule has 5 atom stereocenters. The Morgan fingerprint density at radius 3 is 2.48 bits per heavy atom. The number of hydrogen-bond acceptors (Lipinski definition) is 5. The molecule has 0 bridgehead atoms. The third-order valence-electron chi connectivity index (χ3n) is 7.40. The van der Waals surface area contributed by atoms with Crippen LogP contribution in [0.1, 0.15) is 31.7 Å². The second-order valence-electron chi connectivity index (χ2n) is 9.02. The Bertz CT molecular complexity index is 1330. The summed E-state index contributed by atoms with van der Waals surface area (Å²) in [6.45, 7) is 1.39. The molecule has 1 aliphatic carbocycles. The van der Waals surface area contributed by atoms with Crippen LogP contribution in [0, 0.1) is 23.5 Å². The van der Waals surface area contributed by atoms with Crippen molar-refractivity contribution >= 4 is 31.5 Å². The monoisotopic (exact) mass is 517 g/mol. The predicted molar refractivity (Wildman–Crippen MR) is 118 cm³/mol. The minimum atomic E-state index is -4.27. The van der Waals surface area contributed by atoms with E-state index in [1.165, 1.54) is 24.3 Å². The quantitative estimate of drug-likeness (QED) is 0.654. The Hall–Kier alpha value is -1.75. The van der Waals surface area contributed by atoms with Crippen molar-refractivity contribution in [2.45, 2.75) is 47.1 Å². The summed E-state index contributed by atoms with van der Waals surface area (Å²) in [6.07, 6.45) is 0.269. The van der Waals surface area contributed by atoms with E-state index < -0.39 is 65.1 Å². The SMILES string of the molecule is C[C@H]1C[C@H]2[C@H](CC[C@]3(S(=O)(=O)c4ccc(Cl)cc4)c4c(F)ccc(F)c4OC[C@H]23)NS1(=O)=O. The van der Waals surface area contributed by atoms with Gasteiger partial charge in [0.25, 0.3) is 0 Å². The molecule has 0 amide bonds. The molecule has 1 saturated carbocycles. The molecule has 2 aliphatic heterocycles. The van der Waals surface area contributed by atoms with Crippen LogP contribution in [0.25, 0.3) is 0 Å². The third-order valence-corrected chi connectivity index (χ3v) is 12.1. The first-order valence-electron chi connectivity index (χ1n) is 10.6. The van der Waals surface area contributed by atoms with Crippen LogP contribution in [-0.2, 0) is 24.6 Å².